The minimum atomic E-state index is -0.0476. The number of para-hydroxylation sites is 2. The number of hydrogen-bond donors (Lipinski definition) is 3. The zero-order chi connectivity index (χ0) is 15.9. The monoisotopic (exact) mass is 354 g/mol. The van der Waals surface area contributed by atoms with Gasteiger partial charge in [-0.3, -0.25) is 4.79 Å². The first-order valence-corrected chi connectivity index (χ1v) is 8.17. The average molecular weight is 355 g/mol. The lowest BCUT2D eigenvalue weighted by Crippen LogP contribution is -2.27. The van der Waals surface area contributed by atoms with Crippen LogP contribution in [0.3, 0.4) is 0 Å². The average Bonchev–Trinajstić information content (AvgIpc) is 2.50. The van der Waals surface area contributed by atoms with Gasteiger partial charge in [-0.15, -0.1) is 0 Å². The number of carbonyl (C=O) groups is 1. The lowest BCUT2D eigenvalue weighted by atomic mass is 10.1. The summed E-state index contributed by atoms with van der Waals surface area (Å²) in [6, 6.07) is 12.9. The van der Waals surface area contributed by atoms with E-state index in [0.717, 1.165) is 11.3 Å². The van der Waals surface area contributed by atoms with Crippen LogP contribution in [0.2, 0.25) is 10.0 Å². The second-order valence-corrected chi connectivity index (χ2v) is 5.89. The summed E-state index contributed by atoms with van der Waals surface area (Å²) in [6.45, 7) is 0.549. The van der Waals surface area contributed by atoms with Crippen LogP contribution in [0, 0.1) is 0 Å². The Morgan fingerprint density at radius 3 is 2.41 bits per heavy atom. The number of amides is 1. The molecule has 0 saturated heterocycles. The van der Waals surface area contributed by atoms with Gasteiger partial charge < -0.3 is 10.6 Å². The van der Waals surface area contributed by atoms with Crippen LogP contribution < -0.4 is 10.6 Å². The van der Waals surface area contributed by atoms with Gasteiger partial charge >= 0.3 is 0 Å². The van der Waals surface area contributed by atoms with Crippen LogP contribution in [-0.4, -0.2) is 18.2 Å². The van der Waals surface area contributed by atoms with E-state index in [0.29, 0.717) is 28.0 Å². The smallest absolute Gasteiger partial charge is 0.224 e. The summed E-state index contributed by atoms with van der Waals surface area (Å²) in [5.74, 6) is 0.564. The van der Waals surface area contributed by atoms with Crippen molar-refractivity contribution in [3.8, 4) is 0 Å². The molecule has 0 unspecified atom stereocenters. The highest BCUT2D eigenvalue weighted by molar-refractivity contribution is 7.80. The molecule has 22 heavy (non-hydrogen) atoms. The van der Waals surface area contributed by atoms with Gasteiger partial charge in [0.25, 0.3) is 0 Å². The van der Waals surface area contributed by atoms with Crippen LogP contribution >= 0.6 is 35.8 Å². The number of nitrogens with one attached hydrogen (secondary N) is 2. The topological polar surface area (TPSA) is 41.1 Å². The standard InChI is InChI=1S/C16H16Cl2N2OS/c17-12-5-3-6-13(18)16(12)20-14-7-2-1-4-11(14)10-15(21)19-8-9-22/h1-7,20,22H,8-10H2,(H,19,21). The minimum Gasteiger partial charge on any atom is -0.355 e. The predicted octanol–water partition coefficient (Wildman–Crippen LogP) is 4.33. The van der Waals surface area contributed by atoms with Crippen LogP contribution in [0.5, 0.6) is 0 Å². The number of anilines is 2. The first kappa shape index (κ1) is 17.0. The molecule has 0 aliphatic heterocycles. The number of carbonyl (C=O) groups excluding carboxylic acids is 1. The summed E-state index contributed by atoms with van der Waals surface area (Å²) in [7, 11) is 0. The summed E-state index contributed by atoms with van der Waals surface area (Å²) in [5, 5.41) is 7.07. The zero-order valence-corrected chi connectivity index (χ0v) is 14.2. The van der Waals surface area contributed by atoms with Gasteiger partial charge in [-0.05, 0) is 23.8 Å². The largest absolute Gasteiger partial charge is 0.355 e. The Kier molecular flexibility index (Phi) is 6.43. The Hall–Kier alpha value is -1.36. The fourth-order valence-electron chi connectivity index (χ4n) is 1.98. The van der Waals surface area contributed by atoms with E-state index in [4.69, 9.17) is 23.2 Å². The molecule has 0 aliphatic carbocycles. The minimum absolute atomic E-state index is 0.0476. The van der Waals surface area contributed by atoms with E-state index in [1.165, 1.54) is 0 Å². The molecule has 2 rings (SSSR count). The quantitative estimate of drug-likeness (QED) is 0.676. The zero-order valence-electron chi connectivity index (χ0n) is 11.8. The van der Waals surface area contributed by atoms with Crippen LogP contribution in [0.25, 0.3) is 0 Å². The molecule has 0 spiro atoms. The molecule has 116 valence electrons. The van der Waals surface area contributed by atoms with Crippen molar-refractivity contribution in [3.05, 3.63) is 58.1 Å². The van der Waals surface area contributed by atoms with E-state index in [1.807, 2.05) is 24.3 Å². The van der Waals surface area contributed by atoms with E-state index in [2.05, 4.69) is 23.3 Å². The van der Waals surface area contributed by atoms with Crippen molar-refractivity contribution in [2.75, 3.05) is 17.6 Å². The third-order valence-electron chi connectivity index (χ3n) is 3.02. The molecule has 0 saturated carbocycles. The van der Waals surface area contributed by atoms with Gasteiger partial charge in [0.15, 0.2) is 0 Å². The molecule has 2 aromatic carbocycles. The third-order valence-corrected chi connectivity index (χ3v) is 3.88. The third kappa shape index (κ3) is 4.57. The Morgan fingerprint density at radius 2 is 1.73 bits per heavy atom. The Bertz CT molecular complexity index is 644. The molecule has 6 heteroatoms. The maximum absolute atomic E-state index is 11.9. The highest BCUT2D eigenvalue weighted by Gasteiger charge is 2.10. The lowest BCUT2D eigenvalue weighted by Gasteiger charge is -2.14. The fraction of sp³-hybridized carbons (Fsp3) is 0.188. The SMILES string of the molecule is O=C(Cc1ccccc1Nc1c(Cl)cccc1Cl)NCCS. The summed E-state index contributed by atoms with van der Waals surface area (Å²) >= 11 is 16.4. The molecular formula is C16H16Cl2N2OS. The molecule has 0 aliphatic rings. The van der Waals surface area contributed by atoms with E-state index < -0.39 is 0 Å². The number of halogens is 2. The number of rotatable bonds is 6. The van der Waals surface area contributed by atoms with Crippen LogP contribution in [0.4, 0.5) is 11.4 Å². The van der Waals surface area contributed by atoms with Gasteiger partial charge in [0.1, 0.15) is 0 Å². The molecule has 1 amide bonds. The van der Waals surface area contributed by atoms with Gasteiger partial charge in [-0.25, -0.2) is 0 Å². The highest BCUT2D eigenvalue weighted by Crippen LogP contribution is 2.33. The van der Waals surface area contributed by atoms with Crippen molar-refractivity contribution >= 4 is 53.1 Å². The van der Waals surface area contributed by atoms with Gasteiger partial charge in [0.2, 0.25) is 5.91 Å². The molecule has 2 N–H and O–H groups in total. The highest BCUT2D eigenvalue weighted by atomic mass is 35.5. The first-order valence-electron chi connectivity index (χ1n) is 6.78. The molecular weight excluding hydrogens is 339 g/mol. The second kappa shape index (κ2) is 8.32. The van der Waals surface area contributed by atoms with Crippen LogP contribution in [0.15, 0.2) is 42.5 Å². The molecule has 0 radical (unpaired) electrons. The van der Waals surface area contributed by atoms with Gasteiger partial charge in [0, 0.05) is 18.0 Å². The van der Waals surface area contributed by atoms with Gasteiger partial charge in [-0.1, -0.05) is 47.5 Å². The number of hydrogen-bond acceptors (Lipinski definition) is 3. The summed E-state index contributed by atoms with van der Waals surface area (Å²) in [5.41, 5.74) is 2.31. The van der Waals surface area contributed by atoms with Crippen molar-refractivity contribution in [1.29, 1.82) is 0 Å². The molecule has 0 heterocycles. The van der Waals surface area contributed by atoms with E-state index in [9.17, 15) is 4.79 Å². The van der Waals surface area contributed by atoms with Crippen LogP contribution in [-0.2, 0) is 11.2 Å². The summed E-state index contributed by atoms with van der Waals surface area (Å²) in [4.78, 5) is 11.9. The number of thiol groups is 1. The molecule has 3 nitrogen and oxygen atoms in total. The van der Waals surface area contributed by atoms with Crippen molar-refractivity contribution in [3.63, 3.8) is 0 Å². The number of benzene rings is 2. The van der Waals surface area contributed by atoms with Crippen molar-refractivity contribution in [2.24, 2.45) is 0 Å². The predicted molar refractivity (Wildman–Crippen MR) is 96.8 cm³/mol. The molecule has 0 atom stereocenters. The van der Waals surface area contributed by atoms with Crippen molar-refractivity contribution in [2.45, 2.75) is 6.42 Å². The molecule has 0 bridgehead atoms. The van der Waals surface area contributed by atoms with E-state index in [1.54, 1.807) is 18.2 Å². The van der Waals surface area contributed by atoms with Gasteiger partial charge in [-0.2, -0.15) is 12.6 Å². The normalized spacial score (nSPS) is 10.3. The van der Waals surface area contributed by atoms with Crippen molar-refractivity contribution < 1.29 is 4.79 Å². The second-order valence-electron chi connectivity index (χ2n) is 4.63. The Labute approximate surface area is 145 Å². The molecule has 2 aromatic rings. The van der Waals surface area contributed by atoms with Crippen molar-refractivity contribution in [1.82, 2.24) is 5.32 Å². The van der Waals surface area contributed by atoms with Gasteiger partial charge in [0.05, 0.1) is 22.2 Å². The summed E-state index contributed by atoms with van der Waals surface area (Å²) in [6.07, 6.45) is 0.277. The first-order chi connectivity index (χ1) is 10.6. The fourth-order valence-corrected chi connectivity index (χ4v) is 2.58. The van der Waals surface area contributed by atoms with E-state index in [-0.39, 0.29) is 12.3 Å². The molecule has 0 aromatic heterocycles. The Morgan fingerprint density at radius 1 is 1.05 bits per heavy atom. The summed E-state index contributed by atoms with van der Waals surface area (Å²) < 4.78 is 0. The Balaban J connectivity index is 2.20. The lowest BCUT2D eigenvalue weighted by molar-refractivity contribution is -0.120. The maximum atomic E-state index is 11.9. The molecule has 0 fully saturated rings. The van der Waals surface area contributed by atoms with Crippen LogP contribution in [0.1, 0.15) is 5.56 Å². The van der Waals surface area contributed by atoms with E-state index >= 15 is 0 Å². The maximum Gasteiger partial charge on any atom is 0.224 e.